The van der Waals surface area contributed by atoms with E-state index in [1.165, 1.54) is 0 Å². The van der Waals surface area contributed by atoms with E-state index in [1.54, 1.807) is 18.5 Å². The van der Waals surface area contributed by atoms with Crippen LogP contribution >= 0.6 is 0 Å². The maximum Gasteiger partial charge on any atom is 0.173 e. The molecule has 0 bridgehead atoms. The largest absolute Gasteiger partial charge is 0.453 e. The number of aromatic nitrogens is 4. The Kier molecular flexibility index (Phi) is 5.93. The van der Waals surface area contributed by atoms with Crippen molar-refractivity contribution in [3.8, 4) is 28.8 Å². The highest BCUT2D eigenvalue weighted by Crippen LogP contribution is 2.40. The van der Waals surface area contributed by atoms with Gasteiger partial charge in [0.05, 0.1) is 37.1 Å². The number of hydrogen-bond acceptors (Lipinski definition) is 8. The van der Waals surface area contributed by atoms with E-state index in [0.29, 0.717) is 42.1 Å². The Morgan fingerprint density at radius 3 is 2.72 bits per heavy atom. The van der Waals surface area contributed by atoms with E-state index < -0.39 is 0 Å². The zero-order valence-corrected chi connectivity index (χ0v) is 19.7. The molecule has 0 amide bonds. The van der Waals surface area contributed by atoms with Crippen LogP contribution in [0.1, 0.15) is 24.4 Å². The van der Waals surface area contributed by atoms with Gasteiger partial charge in [-0.1, -0.05) is 12.1 Å². The van der Waals surface area contributed by atoms with Gasteiger partial charge in [-0.15, -0.1) is 0 Å². The van der Waals surface area contributed by atoms with Gasteiger partial charge < -0.3 is 19.7 Å². The minimum atomic E-state index is 0.405. The Morgan fingerprint density at radius 2 is 1.89 bits per heavy atom. The Balaban J connectivity index is 1.24. The predicted molar refractivity (Wildman–Crippen MR) is 136 cm³/mol. The maximum absolute atomic E-state index is 9.33. The van der Waals surface area contributed by atoms with Crippen molar-refractivity contribution in [1.29, 1.82) is 5.26 Å². The van der Waals surface area contributed by atoms with Crippen LogP contribution in [0.4, 0.5) is 17.3 Å². The van der Waals surface area contributed by atoms with E-state index in [-0.39, 0.29) is 0 Å². The summed E-state index contributed by atoms with van der Waals surface area (Å²) in [5.74, 6) is 2.86. The molecule has 2 fully saturated rings. The fourth-order valence-corrected chi connectivity index (χ4v) is 4.19. The van der Waals surface area contributed by atoms with Crippen molar-refractivity contribution in [3.63, 3.8) is 0 Å². The minimum Gasteiger partial charge on any atom is -0.453 e. The van der Waals surface area contributed by atoms with Crippen molar-refractivity contribution in [1.82, 2.24) is 19.7 Å². The monoisotopic (exact) mass is 479 g/mol. The van der Waals surface area contributed by atoms with Crippen molar-refractivity contribution in [3.05, 3.63) is 72.7 Å². The Labute approximate surface area is 208 Å². The first-order valence-corrected chi connectivity index (χ1v) is 12.0. The second-order valence-corrected chi connectivity index (χ2v) is 8.85. The number of rotatable bonds is 7. The molecule has 1 aliphatic carbocycles. The molecular formula is C27H25N7O2. The molecule has 6 rings (SSSR count). The molecule has 0 unspecified atom stereocenters. The highest BCUT2D eigenvalue weighted by molar-refractivity contribution is 5.68. The van der Waals surface area contributed by atoms with Crippen LogP contribution in [0.3, 0.4) is 0 Å². The van der Waals surface area contributed by atoms with Crippen LogP contribution in [-0.4, -0.2) is 46.1 Å². The number of benzene rings is 1. The van der Waals surface area contributed by atoms with Crippen LogP contribution in [-0.2, 0) is 4.74 Å². The lowest BCUT2D eigenvalue weighted by molar-refractivity contribution is 0.122. The van der Waals surface area contributed by atoms with E-state index in [9.17, 15) is 5.26 Å². The molecule has 36 heavy (non-hydrogen) atoms. The number of nitrogens with zero attached hydrogens (tertiary/aromatic N) is 6. The van der Waals surface area contributed by atoms with Gasteiger partial charge in [-0.05, 0) is 37.1 Å². The van der Waals surface area contributed by atoms with Gasteiger partial charge in [0.25, 0.3) is 0 Å². The fourth-order valence-electron chi connectivity index (χ4n) is 4.19. The molecule has 4 heterocycles. The molecule has 1 aromatic carbocycles. The lowest BCUT2D eigenvalue weighted by Gasteiger charge is -2.28. The number of anilines is 3. The van der Waals surface area contributed by atoms with Crippen LogP contribution in [0.2, 0.25) is 0 Å². The van der Waals surface area contributed by atoms with Crippen LogP contribution < -0.4 is 15.0 Å². The molecule has 9 nitrogen and oxygen atoms in total. The first kappa shape index (κ1) is 22.1. The smallest absolute Gasteiger partial charge is 0.173 e. The molecule has 1 saturated carbocycles. The third-order valence-corrected chi connectivity index (χ3v) is 6.20. The average Bonchev–Trinajstić information content (AvgIpc) is 3.70. The number of hydrogen-bond donors (Lipinski definition) is 1. The highest BCUT2D eigenvalue weighted by atomic mass is 16.5. The zero-order valence-electron chi connectivity index (χ0n) is 19.7. The van der Waals surface area contributed by atoms with Crippen LogP contribution in [0.15, 0.2) is 67.1 Å². The Hall–Kier alpha value is -4.42. The first-order valence-electron chi connectivity index (χ1n) is 12.0. The molecule has 1 N–H and O–H groups in total. The lowest BCUT2D eigenvalue weighted by atomic mass is 10.1. The number of morpholine rings is 1. The topological polar surface area (TPSA) is 101 Å². The molecule has 180 valence electrons. The Bertz CT molecular complexity index is 1420. The van der Waals surface area contributed by atoms with Crippen molar-refractivity contribution < 1.29 is 9.47 Å². The quantitative estimate of drug-likeness (QED) is 0.399. The normalized spacial score (nSPS) is 15.4. The summed E-state index contributed by atoms with van der Waals surface area (Å²) in [4.78, 5) is 11.2. The van der Waals surface area contributed by atoms with Gasteiger partial charge >= 0.3 is 0 Å². The van der Waals surface area contributed by atoms with E-state index in [0.717, 1.165) is 48.7 Å². The molecule has 3 aromatic heterocycles. The van der Waals surface area contributed by atoms with E-state index in [1.807, 2.05) is 53.3 Å². The van der Waals surface area contributed by atoms with Crippen molar-refractivity contribution in [2.24, 2.45) is 0 Å². The van der Waals surface area contributed by atoms with Gasteiger partial charge in [0, 0.05) is 48.9 Å². The van der Waals surface area contributed by atoms with Gasteiger partial charge in [0.2, 0.25) is 0 Å². The average molecular weight is 480 g/mol. The van der Waals surface area contributed by atoms with Crippen molar-refractivity contribution in [2.75, 3.05) is 36.5 Å². The third kappa shape index (κ3) is 4.85. The van der Waals surface area contributed by atoms with Crippen LogP contribution in [0.25, 0.3) is 11.3 Å². The van der Waals surface area contributed by atoms with Gasteiger partial charge in [-0.2, -0.15) is 10.4 Å². The van der Waals surface area contributed by atoms with Crippen LogP contribution in [0, 0.1) is 11.3 Å². The summed E-state index contributed by atoms with van der Waals surface area (Å²) in [5, 5.41) is 17.5. The second kappa shape index (κ2) is 9.68. The summed E-state index contributed by atoms with van der Waals surface area (Å²) >= 11 is 0. The van der Waals surface area contributed by atoms with E-state index in [4.69, 9.17) is 14.6 Å². The molecule has 2 aliphatic rings. The molecule has 0 radical (unpaired) electrons. The van der Waals surface area contributed by atoms with Crippen molar-refractivity contribution >= 4 is 17.3 Å². The minimum absolute atomic E-state index is 0.405. The van der Waals surface area contributed by atoms with E-state index >= 15 is 0 Å². The number of nitrogens with one attached hydrogen (secondary N) is 1. The molecule has 9 heteroatoms. The maximum atomic E-state index is 9.33. The number of ether oxygens (including phenoxy) is 2. The summed E-state index contributed by atoms with van der Waals surface area (Å²) in [6.45, 7) is 3.07. The van der Waals surface area contributed by atoms with Crippen LogP contribution in [0.5, 0.6) is 11.5 Å². The standard InChI is InChI=1S/C27H25N7O2/c28-17-19-2-1-3-20(14-19)27-24(18-34(32-27)22-4-5-22)36-23-7-9-29-25(16-23)31-21-6-8-30-26(15-21)33-10-12-35-13-11-33/h1-3,6-9,14-16,18,22H,4-5,10-13H2,(H,29,30,31). The first-order chi connectivity index (χ1) is 17.7. The van der Waals surface area contributed by atoms with Gasteiger partial charge in [0.1, 0.15) is 23.1 Å². The summed E-state index contributed by atoms with van der Waals surface area (Å²) in [7, 11) is 0. The van der Waals surface area contributed by atoms with Gasteiger partial charge in [-0.3, -0.25) is 4.68 Å². The fraction of sp³-hybridized carbons (Fsp3) is 0.259. The molecule has 0 spiro atoms. The van der Waals surface area contributed by atoms with E-state index in [2.05, 4.69) is 26.3 Å². The summed E-state index contributed by atoms with van der Waals surface area (Å²) < 4.78 is 13.7. The molecule has 1 saturated heterocycles. The number of nitriles is 1. The zero-order chi connectivity index (χ0) is 24.3. The lowest BCUT2D eigenvalue weighted by Crippen LogP contribution is -2.36. The molecular weight excluding hydrogens is 454 g/mol. The summed E-state index contributed by atoms with van der Waals surface area (Å²) in [6, 6.07) is 17.6. The Morgan fingerprint density at radius 1 is 1.03 bits per heavy atom. The summed E-state index contributed by atoms with van der Waals surface area (Å²) in [6.07, 6.45) is 7.67. The molecule has 1 aliphatic heterocycles. The third-order valence-electron chi connectivity index (χ3n) is 6.20. The highest BCUT2D eigenvalue weighted by Gasteiger charge is 2.27. The molecule has 4 aromatic rings. The summed E-state index contributed by atoms with van der Waals surface area (Å²) in [5.41, 5.74) is 3.05. The SMILES string of the molecule is N#Cc1cccc(-c2nn(C3CC3)cc2Oc2ccnc(Nc3ccnc(N4CCOCC4)c3)c2)c1. The van der Waals surface area contributed by atoms with Crippen molar-refractivity contribution in [2.45, 2.75) is 18.9 Å². The second-order valence-electron chi connectivity index (χ2n) is 8.85. The predicted octanol–water partition coefficient (Wildman–Crippen LogP) is 4.92. The van der Waals surface area contributed by atoms with Gasteiger partial charge in [0.15, 0.2) is 5.75 Å². The molecule has 0 atom stereocenters. The number of pyridine rings is 2. The van der Waals surface area contributed by atoms with Gasteiger partial charge in [-0.25, -0.2) is 9.97 Å².